The number of benzene rings is 1. The van der Waals surface area contributed by atoms with E-state index in [2.05, 4.69) is 0 Å². The zero-order valence-electron chi connectivity index (χ0n) is 10.9. The van der Waals surface area contributed by atoms with Gasteiger partial charge in [-0.1, -0.05) is 6.07 Å². The SMILES string of the molecule is COc1cccc(C(=N)N)c1OCCN(C)C.Cl. The maximum Gasteiger partial charge on any atom is 0.172 e. The average molecular weight is 274 g/mol. The molecule has 0 atom stereocenters. The Morgan fingerprint density at radius 3 is 2.56 bits per heavy atom. The van der Waals surface area contributed by atoms with E-state index in [9.17, 15) is 0 Å². The number of likely N-dealkylation sites (N-methyl/N-ethyl adjacent to an activating group) is 1. The van der Waals surface area contributed by atoms with Crippen molar-refractivity contribution in [2.75, 3.05) is 34.4 Å². The van der Waals surface area contributed by atoms with E-state index >= 15 is 0 Å². The summed E-state index contributed by atoms with van der Waals surface area (Å²) in [7, 11) is 5.51. The van der Waals surface area contributed by atoms with Crippen LogP contribution in [0, 0.1) is 5.41 Å². The lowest BCUT2D eigenvalue weighted by molar-refractivity contribution is 0.250. The molecular weight excluding hydrogens is 254 g/mol. The van der Waals surface area contributed by atoms with E-state index in [1.54, 1.807) is 25.3 Å². The van der Waals surface area contributed by atoms with Gasteiger partial charge < -0.3 is 20.1 Å². The first-order valence-electron chi connectivity index (χ1n) is 5.35. The molecule has 0 heterocycles. The highest BCUT2D eigenvalue weighted by atomic mass is 35.5. The summed E-state index contributed by atoms with van der Waals surface area (Å²) in [5.41, 5.74) is 6.07. The fourth-order valence-electron chi connectivity index (χ4n) is 1.37. The third kappa shape index (κ3) is 4.43. The van der Waals surface area contributed by atoms with Crippen molar-refractivity contribution < 1.29 is 9.47 Å². The summed E-state index contributed by atoms with van der Waals surface area (Å²) in [6, 6.07) is 5.32. The minimum atomic E-state index is -0.0243. The number of halogens is 1. The van der Waals surface area contributed by atoms with Crippen LogP contribution in [0.4, 0.5) is 0 Å². The minimum Gasteiger partial charge on any atom is -0.493 e. The number of nitrogens with zero attached hydrogens (tertiary/aromatic N) is 1. The number of hydrogen-bond acceptors (Lipinski definition) is 4. The van der Waals surface area contributed by atoms with Crippen LogP contribution in [-0.2, 0) is 0 Å². The van der Waals surface area contributed by atoms with Crippen LogP contribution in [0.25, 0.3) is 0 Å². The molecule has 0 radical (unpaired) electrons. The molecule has 5 nitrogen and oxygen atoms in total. The molecule has 1 rings (SSSR count). The maximum absolute atomic E-state index is 7.50. The number of hydrogen-bond donors (Lipinski definition) is 2. The summed E-state index contributed by atoms with van der Waals surface area (Å²) in [5, 5.41) is 7.50. The van der Waals surface area contributed by atoms with E-state index < -0.39 is 0 Å². The molecule has 0 aliphatic carbocycles. The summed E-state index contributed by atoms with van der Waals surface area (Å²) in [4.78, 5) is 2.02. The van der Waals surface area contributed by atoms with Gasteiger partial charge in [0, 0.05) is 6.54 Å². The van der Waals surface area contributed by atoms with Gasteiger partial charge in [-0.2, -0.15) is 0 Å². The molecule has 1 aromatic carbocycles. The van der Waals surface area contributed by atoms with Gasteiger partial charge in [0.25, 0.3) is 0 Å². The van der Waals surface area contributed by atoms with Gasteiger partial charge in [0.15, 0.2) is 11.5 Å². The molecule has 0 spiro atoms. The zero-order valence-corrected chi connectivity index (χ0v) is 11.7. The van der Waals surface area contributed by atoms with Crippen molar-refractivity contribution in [3.63, 3.8) is 0 Å². The Hall–Kier alpha value is -1.46. The summed E-state index contributed by atoms with van der Waals surface area (Å²) in [5.74, 6) is 1.10. The molecule has 0 aliphatic heterocycles. The fourth-order valence-corrected chi connectivity index (χ4v) is 1.37. The predicted molar refractivity (Wildman–Crippen MR) is 75.3 cm³/mol. The summed E-state index contributed by atoms with van der Waals surface area (Å²) < 4.78 is 10.8. The minimum absolute atomic E-state index is 0. The highest BCUT2D eigenvalue weighted by molar-refractivity contribution is 5.98. The van der Waals surface area contributed by atoms with Crippen LogP contribution in [0.2, 0.25) is 0 Å². The molecule has 0 saturated heterocycles. The van der Waals surface area contributed by atoms with Crippen LogP contribution in [0.1, 0.15) is 5.56 Å². The number of nitrogen functional groups attached to an aromatic ring is 1. The van der Waals surface area contributed by atoms with Crippen molar-refractivity contribution in [3.8, 4) is 11.5 Å². The van der Waals surface area contributed by atoms with Crippen LogP contribution in [-0.4, -0.2) is 45.1 Å². The van der Waals surface area contributed by atoms with Gasteiger partial charge in [-0.15, -0.1) is 12.4 Å². The smallest absolute Gasteiger partial charge is 0.172 e. The van der Waals surface area contributed by atoms with Gasteiger partial charge in [0.05, 0.1) is 12.7 Å². The monoisotopic (exact) mass is 273 g/mol. The van der Waals surface area contributed by atoms with Crippen LogP contribution < -0.4 is 15.2 Å². The van der Waals surface area contributed by atoms with E-state index in [-0.39, 0.29) is 18.2 Å². The second kappa shape index (κ2) is 7.79. The lowest BCUT2D eigenvalue weighted by Gasteiger charge is -2.16. The maximum atomic E-state index is 7.50. The number of ether oxygens (including phenoxy) is 2. The molecule has 102 valence electrons. The molecule has 1 aromatic rings. The lowest BCUT2D eigenvalue weighted by atomic mass is 10.1. The number of para-hydroxylation sites is 1. The molecule has 0 bridgehead atoms. The van der Waals surface area contributed by atoms with Crippen LogP contribution in [0.3, 0.4) is 0 Å². The van der Waals surface area contributed by atoms with Gasteiger partial charge in [-0.3, -0.25) is 5.41 Å². The first kappa shape index (κ1) is 16.5. The molecule has 0 saturated carbocycles. The lowest BCUT2D eigenvalue weighted by Crippen LogP contribution is -2.21. The van der Waals surface area contributed by atoms with Gasteiger partial charge in [0.1, 0.15) is 12.4 Å². The molecule has 0 amide bonds. The van der Waals surface area contributed by atoms with Crippen LogP contribution in [0.15, 0.2) is 18.2 Å². The number of methoxy groups -OCH3 is 1. The first-order chi connectivity index (χ1) is 8.06. The van der Waals surface area contributed by atoms with E-state index in [0.717, 1.165) is 6.54 Å². The van der Waals surface area contributed by atoms with Crippen molar-refractivity contribution in [2.45, 2.75) is 0 Å². The molecule has 0 fully saturated rings. The van der Waals surface area contributed by atoms with Crippen LogP contribution in [0.5, 0.6) is 11.5 Å². The first-order valence-corrected chi connectivity index (χ1v) is 5.35. The third-order valence-corrected chi connectivity index (χ3v) is 2.27. The van der Waals surface area contributed by atoms with E-state index in [4.69, 9.17) is 20.6 Å². The summed E-state index contributed by atoms with van der Waals surface area (Å²) in [6.45, 7) is 1.31. The molecule has 3 N–H and O–H groups in total. The van der Waals surface area contributed by atoms with Gasteiger partial charge in [-0.25, -0.2) is 0 Å². The molecule has 0 aliphatic rings. The molecule has 0 unspecified atom stereocenters. The number of amidine groups is 1. The standard InChI is InChI=1S/C12H19N3O2.ClH/c1-15(2)7-8-17-11-9(12(13)14)5-4-6-10(11)16-3;/h4-6H,7-8H2,1-3H3,(H3,13,14);1H. The Morgan fingerprint density at radius 1 is 1.39 bits per heavy atom. The molecule has 0 aromatic heterocycles. The topological polar surface area (TPSA) is 71.6 Å². The average Bonchev–Trinajstić information content (AvgIpc) is 2.28. The van der Waals surface area contributed by atoms with Crippen LogP contribution >= 0.6 is 12.4 Å². The molecular formula is C12H20ClN3O2. The van der Waals surface area contributed by atoms with Crippen molar-refractivity contribution in [2.24, 2.45) is 5.73 Å². The Morgan fingerprint density at radius 2 is 2.06 bits per heavy atom. The summed E-state index contributed by atoms with van der Waals surface area (Å²) >= 11 is 0. The highest BCUT2D eigenvalue weighted by Crippen LogP contribution is 2.30. The molecule has 18 heavy (non-hydrogen) atoms. The second-order valence-corrected chi connectivity index (χ2v) is 3.90. The van der Waals surface area contributed by atoms with Gasteiger partial charge in [-0.05, 0) is 26.2 Å². The van der Waals surface area contributed by atoms with Crippen molar-refractivity contribution in [1.82, 2.24) is 4.90 Å². The largest absolute Gasteiger partial charge is 0.493 e. The van der Waals surface area contributed by atoms with Crippen molar-refractivity contribution >= 4 is 18.2 Å². The summed E-state index contributed by atoms with van der Waals surface area (Å²) in [6.07, 6.45) is 0. The van der Waals surface area contributed by atoms with Crippen molar-refractivity contribution in [3.05, 3.63) is 23.8 Å². The van der Waals surface area contributed by atoms with E-state index in [1.165, 1.54) is 0 Å². The number of nitrogens with one attached hydrogen (secondary N) is 1. The quantitative estimate of drug-likeness (QED) is 0.606. The fraction of sp³-hybridized carbons (Fsp3) is 0.417. The Labute approximate surface area is 114 Å². The van der Waals surface area contributed by atoms with Gasteiger partial charge >= 0.3 is 0 Å². The van der Waals surface area contributed by atoms with E-state index in [1.807, 2.05) is 19.0 Å². The molecule has 6 heteroatoms. The highest BCUT2D eigenvalue weighted by Gasteiger charge is 2.12. The third-order valence-electron chi connectivity index (χ3n) is 2.27. The van der Waals surface area contributed by atoms with Gasteiger partial charge in [0.2, 0.25) is 0 Å². The second-order valence-electron chi connectivity index (χ2n) is 3.90. The normalized spacial score (nSPS) is 9.78. The zero-order chi connectivity index (χ0) is 12.8. The Kier molecular flexibility index (Phi) is 7.16. The number of rotatable bonds is 6. The predicted octanol–water partition coefficient (Wildman–Crippen LogP) is 1.34. The van der Waals surface area contributed by atoms with Crippen molar-refractivity contribution in [1.29, 1.82) is 5.41 Å². The van der Waals surface area contributed by atoms with E-state index in [0.29, 0.717) is 23.7 Å². The Balaban J connectivity index is 0.00000289. The Bertz CT molecular complexity index is 397. The number of nitrogens with two attached hydrogens (primary N) is 1.